The molecule has 2 amide bonds. The van der Waals surface area contributed by atoms with Crippen molar-refractivity contribution in [2.45, 2.75) is 13.0 Å². The van der Waals surface area contributed by atoms with Crippen molar-refractivity contribution in [1.82, 2.24) is 14.8 Å². The minimum atomic E-state index is -0.270. The van der Waals surface area contributed by atoms with Crippen LogP contribution in [0.15, 0.2) is 24.3 Å². The van der Waals surface area contributed by atoms with Gasteiger partial charge in [-0.15, -0.1) is 11.3 Å². The Balaban J connectivity index is 1.61. The maximum Gasteiger partial charge on any atom is 0.228 e. The summed E-state index contributed by atoms with van der Waals surface area (Å²) in [6.45, 7) is 1.99. The number of hydrogen-bond acceptors (Lipinski definition) is 5. The van der Waals surface area contributed by atoms with Gasteiger partial charge >= 0.3 is 0 Å². The number of nitrogens with zero attached hydrogens (tertiary/aromatic N) is 3. The Labute approximate surface area is 145 Å². The molecule has 1 fully saturated rings. The van der Waals surface area contributed by atoms with Crippen molar-refractivity contribution in [2.24, 2.45) is 5.92 Å². The number of para-hydroxylation sites is 1. The van der Waals surface area contributed by atoms with E-state index in [0.29, 0.717) is 26.2 Å². The highest BCUT2D eigenvalue weighted by atomic mass is 32.1. The van der Waals surface area contributed by atoms with E-state index in [2.05, 4.69) is 4.98 Å². The van der Waals surface area contributed by atoms with E-state index >= 15 is 0 Å². The van der Waals surface area contributed by atoms with Crippen LogP contribution in [0.3, 0.4) is 0 Å². The predicted octanol–water partition coefficient (Wildman–Crippen LogP) is 1.75. The third-order valence-corrected chi connectivity index (χ3v) is 5.24. The highest BCUT2D eigenvalue weighted by molar-refractivity contribution is 7.18. The van der Waals surface area contributed by atoms with Crippen molar-refractivity contribution in [1.29, 1.82) is 0 Å². The molecule has 3 rings (SSSR count). The summed E-state index contributed by atoms with van der Waals surface area (Å²) >= 11 is 1.60. The molecule has 1 aromatic carbocycles. The maximum absolute atomic E-state index is 12.6. The van der Waals surface area contributed by atoms with Gasteiger partial charge in [0.15, 0.2) is 0 Å². The van der Waals surface area contributed by atoms with Crippen molar-refractivity contribution < 1.29 is 14.3 Å². The van der Waals surface area contributed by atoms with Gasteiger partial charge in [0, 0.05) is 33.7 Å². The zero-order chi connectivity index (χ0) is 17.1. The Hall–Kier alpha value is -1.99. The summed E-state index contributed by atoms with van der Waals surface area (Å²) in [6.07, 6.45) is 0.284. The summed E-state index contributed by atoms with van der Waals surface area (Å²) in [6, 6.07) is 7.94. The Bertz CT molecular complexity index is 713. The molecule has 1 aromatic heterocycles. The molecule has 0 aliphatic carbocycles. The van der Waals surface area contributed by atoms with E-state index in [-0.39, 0.29) is 24.2 Å². The summed E-state index contributed by atoms with van der Waals surface area (Å²) in [5.41, 5.74) is 0.958. The zero-order valence-corrected chi connectivity index (χ0v) is 14.7. The summed E-state index contributed by atoms with van der Waals surface area (Å²) in [7, 11) is 3.38. The van der Waals surface area contributed by atoms with Gasteiger partial charge < -0.3 is 14.5 Å². The van der Waals surface area contributed by atoms with Gasteiger partial charge in [-0.05, 0) is 12.1 Å². The first-order valence-corrected chi connectivity index (χ1v) is 8.76. The maximum atomic E-state index is 12.6. The fourth-order valence-corrected chi connectivity index (χ4v) is 3.96. The largest absolute Gasteiger partial charge is 0.383 e. The van der Waals surface area contributed by atoms with Crippen molar-refractivity contribution in [2.75, 3.05) is 33.9 Å². The van der Waals surface area contributed by atoms with Gasteiger partial charge in [0.05, 0.1) is 29.3 Å². The van der Waals surface area contributed by atoms with Crippen LogP contribution in [-0.2, 0) is 20.9 Å². The van der Waals surface area contributed by atoms with Crippen molar-refractivity contribution in [3.05, 3.63) is 29.3 Å². The number of hydrogen-bond donors (Lipinski definition) is 0. The van der Waals surface area contributed by atoms with Crippen LogP contribution >= 0.6 is 11.3 Å². The summed E-state index contributed by atoms with van der Waals surface area (Å²) < 4.78 is 6.13. The van der Waals surface area contributed by atoms with E-state index in [1.54, 1.807) is 35.3 Å². The van der Waals surface area contributed by atoms with Gasteiger partial charge in [-0.2, -0.15) is 0 Å². The van der Waals surface area contributed by atoms with Crippen LogP contribution in [0, 0.1) is 5.92 Å². The molecule has 2 heterocycles. The summed E-state index contributed by atoms with van der Waals surface area (Å²) in [5.74, 6) is -0.241. The molecule has 0 radical (unpaired) electrons. The second-order valence-electron chi connectivity index (χ2n) is 6.00. The number of fused-ring (bicyclic) bond motifs is 1. The van der Waals surface area contributed by atoms with E-state index in [9.17, 15) is 9.59 Å². The van der Waals surface area contributed by atoms with E-state index in [0.717, 1.165) is 15.2 Å². The van der Waals surface area contributed by atoms with Crippen LogP contribution in [0.5, 0.6) is 0 Å². The Kier molecular flexibility index (Phi) is 5.11. The number of thiazole rings is 1. The van der Waals surface area contributed by atoms with Gasteiger partial charge in [0.2, 0.25) is 11.8 Å². The van der Waals surface area contributed by atoms with Crippen LogP contribution in [-0.4, -0.2) is 60.5 Å². The highest BCUT2D eigenvalue weighted by Gasteiger charge is 2.35. The number of benzene rings is 1. The third-order valence-electron chi connectivity index (χ3n) is 4.22. The molecular weight excluding hydrogens is 326 g/mol. The van der Waals surface area contributed by atoms with Crippen molar-refractivity contribution >= 4 is 33.4 Å². The lowest BCUT2D eigenvalue weighted by molar-refractivity contribution is -0.135. The fourth-order valence-electron chi connectivity index (χ4n) is 2.94. The molecule has 1 aliphatic heterocycles. The van der Waals surface area contributed by atoms with Gasteiger partial charge in [0.25, 0.3) is 0 Å². The summed E-state index contributed by atoms with van der Waals surface area (Å²) in [5, 5.41) is 0.910. The van der Waals surface area contributed by atoms with Gasteiger partial charge in [-0.3, -0.25) is 9.59 Å². The van der Waals surface area contributed by atoms with Crippen LogP contribution in [0.25, 0.3) is 10.2 Å². The molecule has 7 heteroatoms. The summed E-state index contributed by atoms with van der Waals surface area (Å²) in [4.78, 5) is 32.5. The number of aromatic nitrogens is 1. The second kappa shape index (κ2) is 7.27. The second-order valence-corrected chi connectivity index (χ2v) is 7.12. The lowest BCUT2D eigenvalue weighted by Gasteiger charge is -2.20. The lowest BCUT2D eigenvalue weighted by Crippen LogP contribution is -2.35. The van der Waals surface area contributed by atoms with Crippen molar-refractivity contribution in [3.63, 3.8) is 0 Å². The molecule has 6 nitrogen and oxygen atoms in total. The smallest absolute Gasteiger partial charge is 0.228 e. The van der Waals surface area contributed by atoms with Crippen LogP contribution in [0.2, 0.25) is 0 Å². The Morgan fingerprint density at radius 2 is 2.25 bits per heavy atom. The molecule has 1 aliphatic rings. The van der Waals surface area contributed by atoms with E-state index in [1.807, 2.05) is 24.3 Å². The number of carbonyl (C=O) groups excluding carboxylic acids is 2. The highest BCUT2D eigenvalue weighted by Crippen LogP contribution is 2.24. The monoisotopic (exact) mass is 347 g/mol. The van der Waals surface area contributed by atoms with Gasteiger partial charge in [-0.25, -0.2) is 4.98 Å². The number of methoxy groups -OCH3 is 1. The quantitative estimate of drug-likeness (QED) is 0.799. The van der Waals surface area contributed by atoms with Gasteiger partial charge in [-0.1, -0.05) is 12.1 Å². The predicted molar refractivity (Wildman–Crippen MR) is 92.7 cm³/mol. The standard InChI is InChI=1S/C17H21N3O3S/c1-19(11-15-18-13-5-3-4-6-14(13)24-15)17(22)12-9-16(21)20(10-12)7-8-23-2/h3-6,12H,7-11H2,1-2H3. The molecule has 128 valence electrons. The molecule has 2 aromatic rings. The average molecular weight is 347 g/mol. The minimum Gasteiger partial charge on any atom is -0.383 e. The van der Waals surface area contributed by atoms with E-state index < -0.39 is 0 Å². The zero-order valence-electron chi connectivity index (χ0n) is 13.9. The lowest BCUT2D eigenvalue weighted by atomic mass is 10.1. The Morgan fingerprint density at radius 3 is 3.00 bits per heavy atom. The number of carbonyl (C=O) groups is 2. The number of ether oxygens (including phenoxy) is 1. The number of amides is 2. The molecule has 1 saturated heterocycles. The first kappa shape index (κ1) is 16.9. The SMILES string of the molecule is COCCN1CC(C(=O)N(C)Cc2nc3ccccc3s2)CC1=O. The molecule has 0 N–H and O–H groups in total. The van der Waals surface area contributed by atoms with Crippen LogP contribution < -0.4 is 0 Å². The first-order chi connectivity index (χ1) is 11.6. The van der Waals surface area contributed by atoms with E-state index in [1.165, 1.54) is 0 Å². The first-order valence-electron chi connectivity index (χ1n) is 7.94. The average Bonchev–Trinajstić information content (AvgIpc) is 3.14. The van der Waals surface area contributed by atoms with Crippen LogP contribution in [0.4, 0.5) is 0 Å². The molecule has 1 atom stereocenters. The Morgan fingerprint density at radius 1 is 1.46 bits per heavy atom. The van der Waals surface area contributed by atoms with Gasteiger partial charge in [0.1, 0.15) is 5.01 Å². The van der Waals surface area contributed by atoms with Crippen molar-refractivity contribution in [3.8, 4) is 0 Å². The molecule has 0 saturated carbocycles. The topological polar surface area (TPSA) is 62.7 Å². The fraction of sp³-hybridized carbons (Fsp3) is 0.471. The minimum absolute atomic E-state index is 0.00234. The van der Waals surface area contributed by atoms with E-state index in [4.69, 9.17) is 4.74 Å². The molecule has 0 bridgehead atoms. The molecule has 24 heavy (non-hydrogen) atoms. The normalized spacial score (nSPS) is 17.7. The molecule has 0 spiro atoms. The third kappa shape index (κ3) is 3.57. The van der Waals surface area contributed by atoms with Crippen LogP contribution in [0.1, 0.15) is 11.4 Å². The number of rotatable bonds is 6. The molecular formula is C17H21N3O3S. The molecule has 1 unspecified atom stereocenters. The number of likely N-dealkylation sites (tertiary alicyclic amines) is 1.